The molecule has 0 aliphatic carbocycles. The molecule has 0 radical (unpaired) electrons. The molecule has 0 unspecified atom stereocenters. The fourth-order valence-corrected chi connectivity index (χ4v) is 4.55. The lowest BCUT2D eigenvalue weighted by Crippen LogP contribution is -2.38. The van der Waals surface area contributed by atoms with Crippen molar-refractivity contribution in [3.8, 4) is 17.4 Å². The Balaban J connectivity index is 1.86. The minimum absolute atomic E-state index is 0.113. The monoisotopic (exact) mass is 465 g/mol. The van der Waals surface area contributed by atoms with Gasteiger partial charge in [-0.3, -0.25) is 15.0 Å². The summed E-state index contributed by atoms with van der Waals surface area (Å²) in [6.07, 6.45) is -0.376. The van der Waals surface area contributed by atoms with Crippen LogP contribution in [-0.2, 0) is 9.53 Å². The number of amidine groups is 1. The number of nitriles is 1. The number of fused-ring (bicyclic) bond motifs is 1. The number of nitro groups is 1. The minimum atomic E-state index is -0.862. The van der Waals surface area contributed by atoms with Gasteiger partial charge in [-0.15, -0.1) is 0 Å². The van der Waals surface area contributed by atoms with Crippen LogP contribution in [0.1, 0.15) is 32.6 Å². The molecule has 10 nitrogen and oxygen atoms in total. The number of hydrogen-bond donors (Lipinski definition) is 1. The van der Waals surface area contributed by atoms with E-state index in [9.17, 15) is 20.2 Å². The largest absolute Gasteiger partial charge is 0.459 e. The Morgan fingerprint density at radius 3 is 2.76 bits per heavy atom. The summed E-state index contributed by atoms with van der Waals surface area (Å²) in [7, 11) is 0. The molecule has 0 bridgehead atoms. The molecule has 2 N–H and O–H groups in total. The first-order valence-corrected chi connectivity index (χ1v) is 10.8. The summed E-state index contributed by atoms with van der Waals surface area (Å²) in [6.45, 7) is 5.13. The number of furan rings is 1. The van der Waals surface area contributed by atoms with E-state index in [0.717, 1.165) is 11.8 Å². The molecule has 0 fully saturated rings. The molecule has 1 aromatic carbocycles. The summed E-state index contributed by atoms with van der Waals surface area (Å²) >= 11 is 1.09. The Morgan fingerprint density at radius 2 is 2.09 bits per heavy atom. The van der Waals surface area contributed by atoms with Gasteiger partial charge in [0.2, 0.25) is 0 Å². The number of nitrogens with zero attached hydrogens (tertiary/aromatic N) is 4. The fraction of sp³-hybridized carbons (Fsp3) is 0.227. The molecule has 4 rings (SSSR count). The lowest BCUT2D eigenvalue weighted by Gasteiger charge is -2.33. The normalized spacial score (nSPS) is 17.7. The fourth-order valence-electron chi connectivity index (χ4n) is 3.63. The van der Waals surface area contributed by atoms with Crippen LogP contribution in [0.2, 0.25) is 0 Å². The van der Waals surface area contributed by atoms with Crippen LogP contribution in [0.25, 0.3) is 11.3 Å². The van der Waals surface area contributed by atoms with Crippen molar-refractivity contribution < 1.29 is 18.9 Å². The molecule has 11 heteroatoms. The highest BCUT2D eigenvalue weighted by Crippen LogP contribution is 2.46. The maximum Gasteiger partial charge on any atom is 0.338 e. The number of hydrogen-bond acceptors (Lipinski definition) is 10. The van der Waals surface area contributed by atoms with Gasteiger partial charge >= 0.3 is 5.97 Å². The topological polar surface area (TPSA) is 148 Å². The average molecular weight is 465 g/mol. The van der Waals surface area contributed by atoms with Crippen LogP contribution >= 0.6 is 11.8 Å². The number of nitro benzene ring substituents is 1. The molecule has 0 amide bonds. The molecular weight excluding hydrogens is 446 g/mol. The zero-order chi connectivity index (χ0) is 23.9. The quantitative estimate of drug-likeness (QED) is 0.390. The Labute approximate surface area is 193 Å². The van der Waals surface area contributed by atoms with E-state index in [2.05, 4.69) is 4.99 Å². The van der Waals surface area contributed by atoms with Gasteiger partial charge in [0, 0.05) is 6.07 Å². The van der Waals surface area contributed by atoms with Crippen molar-refractivity contribution in [3.05, 3.63) is 74.3 Å². The van der Waals surface area contributed by atoms with Crippen LogP contribution in [0, 0.1) is 21.4 Å². The molecule has 33 heavy (non-hydrogen) atoms. The van der Waals surface area contributed by atoms with E-state index in [1.807, 2.05) is 6.07 Å². The predicted molar refractivity (Wildman–Crippen MR) is 121 cm³/mol. The van der Waals surface area contributed by atoms with E-state index >= 15 is 0 Å². The summed E-state index contributed by atoms with van der Waals surface area (Å²) < 4.78 is 11.5. The molecule has 0 spiro atoms. The Kier molecular flexibility index (Phi) is 5.69. The number of rotatable bonds is 5. The number of carbonyl (C=O) groups is 1. The summed E-state index contributed by atoms with van der Waals surface area (Å²) in [5.41, 5.74) is 7.03. The number of thioether (sulfide) groups is 1. The third kappa shape index (κ3) is 3.85. The number of aliphatic imine (C=N–C) groups is 1. The molecule has 1 atom stereocenters. The Bertz CT molecular complexity index is 1300. The zero-order valence-corrected chi connectivity index (χ0v) is 18.8. The van der Waals surface area contributed by atoms with E-state index in [1.165, 1.54) is 6.07 Å². The van der Waals surface area contributed by atoms with Gasteiger partial charge in [0.15, 0.2) is 5.17 Å². The molecule has 0 saturated carbocycles. The third-order valence-corrected chi connectivity index (χ3v) is 5.98. The van der Waals surface area contributed by atoms with Crippen molar-refractivity contribution in [1.82, 2.24) is 4.90 Å². The Hall–Kier alpha value is -4.04. The van der Waals surface area contributed by atoms with E-state index in [0.29, 0.717) is 22.2 Å². The van der Waals surface area contributed by atoms with Gasteiger partial charge in [0.25, 0.3) is 5.69 Å². The first-order valence-electron chi connectivity index (χ1n) is 9.93. The molecule has 2 aliphatic rings. The molecule has 3 heterocycles. The van der Waals surface area contributed by atoms with Gasteiger partial charge < -0.3 is 14.9 Å². The highest BCUT2D eigenvalue weighted by Gasteiger charge is 2.44. The van der Waals surface area contributed by atoms with Crippen LogP contribution in [-0.4, -0.2) is 27.1 Å². The van der Waals surface area contributed by atoms with Crippen LogP contribution < -0.4 is 5.73 Å². The molecule has 2 aliphatic heterocycles. The smallest absolute Gasteiger partial charge is 0.338 e. The molecule has 2 aromatic rings. The van der Waals surface area contributed by atoms with Gasteiger partial charge in [-0.2, -0.15) is 5.26 Å². The second-order valence-electron chi connectivity index (χ2n) is 7.52. The van der Waals surface area contributed by atoms with E-state index in [1.54, 1.807) is 56.0 Å². The summed E-state index contributed by atoms with van der Waals surface area (Å²) in [6, 6.07) is 10.6. The second kappa shape index (κ2) is 8.48. The van der Waals surface area contributed by atoms with E-state index in [4.69, 9.17) is 14.9 Å². The number of nitrogens with two attached hydrogens (primary N) is 1. The van der Waals surface area contributed by atoms with Crippen molar-refractivity contribution in [2.45, 2.75) is 32.9 Å². The predicted octanol–water partition coefficient (Wildman–Crippen LogP) is 4.19. The van der Waals surface area contributed by atoms with Crippen molar-refractivity contribution in [2.75, 3.05) is 0 Å². The average Bonchev–Trinajstić information content (AvgIpc) is 3.37. The lowest BCUT2D eigenvalue weighted by molar-refractivity contribution is -0.384. The van der Waals surface area contributed by atoms with Crippen LogP contribution in [0.15, 0.2) is 67.8 Å². The van der Waals surface area contributed by atoms with Gasteiger partial charge in [0.1, 0.15) is 34.4 Å². The minimum Gasteiger partial charge on any atom is -0.459 e. The SMILES string of the molecule is CC1=C(C(=O)OC(C)C)[C@H](c2ccc(-c3ccccc3[N+](=O)[O-])o2)N2C(=N1)SC(C#N)=C2N. The summed E-state index contributed by atoms with van der Waals surface area (Å²) in [5, 5.41) is 21.3. The number of ether oxygens (including phenoxy) is 1. The highest BCUT2D eigenvalue weighted by molar-refractivity contribution is 8.17. The number of carbonyl (C=O) groups excluding carboxylic acids is 1. The summed E-state index contributed by atoms with van der Waals surface area (Å²) in [4.78, 5) is 30.3. The standard InChI is InChI=1S/C22H19N5O5S/c1-11(2)31-21(28)18-12(3)25-22-26(20(24)17(10-23)33-22)19(18)16-9-8-15(32-16)13-6-4-5-7-14(13)27(29)30/h4-9,11,19H,24H2,1-3H3/t19-/m0/s1. The molecular formula is C22H19N5O5S. The first kappa shape index (κ1) is 22.2. The maximum atomic E-state index is 13.0. The van der Waals surface area contributed by atoms with Gasteiger partial charge in [-0.25, -0.2) is 9.79 Å². The number of benzene rings is 1. The zero-order valence-electron chi connectivity index (χ0n) is 17.9. The van der Waals surface area contributed by atoms with Crippen molar-refractivity contribution in [3.63, 3.8) is 0 Å². The third-order valence-electron chi connectivity index (χ3n) is 5.00. The summed E-state index contributed by atoms with van der Waals surface area (Å²) in [5.74, 6) is 0.0956. The first-order chi connectivity index (χ1) is 15.7. The highest BCUT2D eigenvalue weighted by atomic mass is 32.2. The number of para-hydroxylation sites is 1. The second-order valence-corrected chi connectivity index (χ2v) is 8.50. The van der Waals surface area contributed by atoms with Crippen LogP contribution in [0.4, 0.5) is 5.69 Å². The van der Waals surface area contributed by atoms with E-state index in [-0.39, 0.29) is 33.9 Å². The van der Waals surface area contributed by atoms with Crippen molar-refractivity contribution in [1.29, 1.82) is 5.26 Å². The van der Waals surface area contributed by atoms with E-state index < -0.39 is 16.9 Å². The van der Waals surface area contributed by atoms with Gasteiger partial charge in [-0.05, 0) is 50.7 Å². The van der Waals surface area contributed by atoms with Crippen molar-refractivity contribution >= 4 is 28.6 Å². The molecule has 1 aromatic heterocycles. The number of allylic oxidation sites excluding steroid dienone is 2. The van der Waals surface area contributed by atoms with Gasteiger partial charge in [0.05, 0.1) is 27.9 Å². The van der Waals surface area contributed by atoms with Gasteiger partial charge in [-0.1, -0.05) is 12.1 Å². The number of esters is 1. The van der Waals surface area contributed by atoms with Crippen LogP contribution in [0.3, 0.4) is 0 Å². The van der Waals surface area contributed by atoms with Crippen molar-refractivity contribution in [2.24, 2.45) is 10.7 Å². The molecule has 0 saturated heterocycles. The Morgan fingerprint density at radius 1 is 1.36 bits per heavy atom. The molecule has 168 valence electrons. The lowest BCUT2D eigenvalue weighted by atomic mass is 9.99. The maximum absolute atomic E-state index is 13.0. The van der Waals surface area contributed by atoms with Crippen LogP contribution in [0.5, 0.6) is 0 Å².